The Morgan fingerprint density at radius 3 is 2.48 bits per heavy atom. The maximum atomic E-state index is 13.3. The molecule has 4 saturated carbocycles. The van der Waals surface area contributed by atoms with Crippen LogP contribution in [0.4, 0.5) is 0 Å². The largest absolute Gasteiger partial charge is 0.389 e. The van der Waals surface area contributed by atoms with Gasteiger partial charge in [0.25, 0.3) is 5.91 Å². The Kier molecular flexibility index (Phi) is 6.43. The molecule has 40 heavy (non-hydrogen) atoms. The molecule has 2 aromatic rings. The highest BCUT2D eigenvalue weighted by Gasteiger charge is 2.61. The monoisotopic (exact) mass is 542 g/mol. The summed E-state index contributed by atoms with van der Waals surface area (Å²) in [5.74, 6) is 3.22. The Balaban J connectivity index is 0.967. The molecule has 7 atom stereocenters. The van der Waals surface area contributed by atoms with Crippen molar-refractivity contribution in [3.05, 3.63) is 48.0 Å². The number of Topliss-reactive ketones (excluding diaryl/α,β-unsaturated/α-hetero) is 1. The molecule has 1 aliphatic heterocycles. The van der Waals surface area contributed by atoms with Crippen molar-refractivity contribution in [3.63, 3.8) is 0 Å². The predicted molar refractivity (Wildman–Crippen MR) is 158 cm³/mol. The number of aliphatic hydroxyl groups is 1. The molecule has 5 heteroatoms. The fraction of sp³-hybridized carbons (Fsp3) is 0.657. The average molecular weight is 543 g/mol. The zero-order valence-electron chi connectivity index (χ0n) is 24.4. The van der Waals surface area contributed by atoms with Gasteiger partial charge < -0.3 is 10.0 Å². The molecule has 7 rings (SSSR count). The van der Waals surface area contributed by atoms with E-state index in [4.69, 9.17) is 0 Å². The van der Waals surface area contributed by atoms with Gasteiger partial charge in [0.2, 0.25) is 0 Å². The zero-order chi connectivity index (χ0) is 27.7. The maximum absolute atomic E-state index is 13.3. The van der Waals surface area contributed by atoms with Crippen molar-refractivity contribution in [2.45, 2.75) is 77.2 Å². The number of piperazine rings is 1. The molecule has 0 spiro atoms. The molecular formula is C35H46N2O3. The first kappa shape index (κ1) is 26.6. The fourth-order valence-corrected chi connectivity index (χ4v) is 10.3. The molecule has 2 aromatic carbocycles. The normalized spacial score (nSPS) is 40.0. The van der Waals surface area contributed by atoms with E-state index in [1.165, 1.54) is 19.3 Å². The summed E-state index contributed by atoms with van der Waals surface area (Å²) in [5.41, 5.74) is 0.372. The van der Waals surface area contributed by atoms with Crippen LogP contribution in [-0.2, 0) is 4.79 Å². The third-order valence-corrected chi connectivity index (χ3v) is 12.7. The number of fused-ring (bicyclic) bond motifs is 6. The molecule has 4 aliphatic carbocycles. The van der Waals surface area contributed by atoms with Gasteiger partial charge in [-0.25, -0.2) is 0 Å². The van der Waals surface area contributed by atoms with Gasteiger partial charge in [0.15, 0.2) is 0 Å². The second kappa shape index (κ2) is 9.66. The van der Waals surface area contributed by atoms with Crippen LogP contribution in [0.25, 0.3) is 10.8 Å². The summed E-state index contributed by atoms with van der Waals surface area (Å²) in [5, 5.41) is 14.1. The van der Waals surface area contributed by atoms with E-state index in [9.17, 15) is 14.7 Å². The molecule has 0 aromatic heterocycles. The summed E-state index contributed by atoms with van der Waals surface area (Å²) >= 11 is 0. The SMILES string of the molecule is C[C@]12CC[C@](O)(CN3CCN(C(=O)c4ccc5ccccc5c4)CC3)C[C@@H]1CC[C@@H]1[C@@H]2CC[C@]2(C)C(=O)CC[C@@H]12. The van der Waals surface area contributed by atoms with E-state index < -0.39 is 5.60 Å². The van der Waals surface area contributed by atoms with E-state index in [0.29, 0.717) is 48.0 Å². The molecule has 5 aliphatic rings. The van der Waals surface area contributed by atoms with E-state index in [2.05, 4.69) is 30.9 Å². The summed E-state index contributed by atoms with van der Waals surface area (Å²) in [6.45, 7) is 8.60. The van der Waals surface area contributed by atoms with Gasteiger partial charge in [-0.05, 0) is 103 Å². The molecule has 0 bridgehead atoms. The van der Waals surface area contributed by atoms with Crippen molar-refractivity contribution < 1.29 is 14.7 Å². The number of rotatable bonds is 3. The van der Waals surface area contributed by atoms with Crippen LogP contribution in [-0.4, -0.2) is 64.9 Å². The van der Waals surface area contributed by atoms with Crippen molar-refractivity contribution in [1.29, 1.82) is 0 Å². The summed E-state index contributed by atoms with van der Waals surface area (Å²) < 4.78 is 0. The molecule has 5 fully saturated rings. The predicted octanol–water partition coefficient (Wildman–Crippen LogP) is 5.94. The summed E-state index contributed by atoms with van der Waals surface area (Å²) in [7, 11) is 0. The Hall–Kier alpha value is -2.24. The topological polar surface area (TPSA) is 60.9 Å². The highest BCUT2D eigenvalue weighted by Crippen LogP contribution is 2.66. The molecule has 1 heterocycles. The third-order valence-electron chi connectivity index (χ3n) is 12.7. The molecule has 1 N–H and O–H groups in total. The first-order valence-corrected chi connectivity index (χ1v) is 15.9. The highest BCUT2D eigenvalue weighted by molar-refractivity contribution is 5.98. The van der Waals surface area contributed by atoms with Crippen LogP contribution in [0.1, 0.15) is 82.0 Å². The Morgan fingerprint density at radius 2 is 1.68 bits per heavy atom. The summed E-state index contributed by atoms with van der Waals surface area (Å²) in [6.07, 6.45) is 9.51. The van der Waals surface area contributed by atoms with Crippen LogP contribution < -0.4 is 0 Å². The zero-order valence-corrected chi connectivity index (χ0v) is 24.4. The lowest BCUT2D eigenvalue weighted by atomic mass is 9.44. The maximum Gasteiger partial charge on any atom is 0.253 e. The number of carbonyl (C=O) groups excluding carboxylic acids is 2. The van der Waals surface area contributed by atoms with Gasteiger partial charge in [0.05, 0.1) is 5.60 Å². The van der Waals surface area contributed by atoms with Crippen molar-refractivity contribution in [1.82, 2.24) is 9.80 Å². The lowest BCUT2D eigenvalue weighted by molar-refractivity contribution is -0.157. The lowest BCUT2D eigenvalue weighted by Gasteiger charge is -2.61. The van der Waals surface area contributed by atoms with Crippen LogP contribution in [0, 0.1) is 34.5 Å². The fourth-order valence-electron chi connectivity index (χ4n) is 10.3. The standard InChI is InChI=1S/C35H46N2O3/c1-33-15-16-35(40,22-27(33)9-10-28-29-11-12-31(38)34(29,2)14-13-30(28)33)23-36-17-19-37(20-18-36)32(39)26-8-7-24-5-3-4-6-25(24)21-26/h3-8,21,27-30,40H,9-20,22-23H2,1-2H3/t27-,28-,29-,30-,33-,34-,35+/m0/s1. The van der Waals surface area contributed by atoms with E-state index >= 15 is 0 Å². The molecular weight excluding hydrogens is 496 g/mol. The van der Waals surface area contributed by atoms with Crippen molar-refractivity contribution in [3.8, 4) is 0 Å². The van der Waals surface area contributed by atoms with Crippen LogP contribution in [0.3, 0.4) is 0 Å². The van der Waals surface area contributed by atoms with Gasteiger partial charge in [-0.1, -0.05) is 44.2 Å². The van der Waals surface area contributed by atoms with E-state index in [1.54, 1.807) is 0 Å². The molecule has 1 saturated heterocycles. The van der Waals surface area contributed by atoms with Crippen LogP contribution >= 0.6 is 0 Å². The van der Waals surface area contributed by atoms with E-state index in [0.717, 1.165) is 74.5 Å². The number of ketones is 1. The first-order valence-electron chi connectivity index (χ1n) is 15.9. The number of hydrogen-bond acceptors (Lipinski definition) is 4. The lowest BCUT2D eigenvalue weighted by Crippen LogP contribution is -2.59. The van der Waals surface area contributed by atoms with Gasteiger partial charge >= 0.3 is 0 Å². The van der Waals surface area contributed by atoms with Crippen molar-refractivity contribution in [2.75, 3.05) is 32.7 Å². The Labute approximate surface area is 239 Å². The molecule has 1 amide bonds. The van der Waals surface area contributed by atoms with E-state index in [1.807, 2.05) is 35.2 Å². The number of nitrogens with zero attached hydrogens (tertiary/aromatic N) is 2. The quantitative estimate of drug-likeness (QED) is 0.522. The number of carbonyl (C=O) groups is 2. The molecule has 5 nitrogen and oxygen atoms in total. The highest BCUT2D eigenvalue weighted by atomic mass is 16.3. The minimum absolute atomic E-state index is 0.0579. The Morgan fingerprint density at radius 1 is 0.900 bits per heavy atom. The van der Waals surface area contributed by atoms with Crippen molar-refractivity contribution >= 4 is 22.5 Å². The minimum Gasteiger partial charge on any atom is -0.389 e. The average Bonchev–Trinajstić information content (AvgIpc) is 3.27. The first-order chi connectivity index (χ1) is 19.2. The van der Waals surface area contributed by atoms with Crippen LogP contribution in [0.5, 0.6) is 0 Å². The second-order valence-corrected chi connectivity index (χ2v) is 14.6. The van der Waals surface area contributed by atoms with Gasteiger partial charge in [0.1, 0.15) is 5.78 Å². The summed E-state index contributed by atoms with van der Waals surface area (Å²) in [4.78, 5) is 30.4. The Bertz CT molecular complexity index is 1320. The molecule has 0 radical (unpaired) electrons. The number of β-amino-alcohol motifs (C(OH)–C–C–N with tert-alkyl or cyclic N) is 1. The second-order valence-electron chi connectivity index (χ2n) is 14.6. The van der Waals surface area contributed by atoms with Gasteiger partial charge in [-0.15, -0.1) is 0 Å². The van der Waals surface area contributed by atoms with Gasteiger partial charge in [0, 0.05) is 50.1 Å². The van der Waals surface area contributed by atoms with E-state index in [-0.39, 0.29) is 11.3 Å². The van der Waals surface area contributed by atoms with Gasteiger partial charge in [-0.2, -0.15) is 0 Å². The van der Waals surface area contributed by atoms with Crippen LogP contribution in [0.2, 0.25) is 0 Å². The summed E-state index contributed by atoms with van der Waals surface area (Å²) in [6, 6.07) is 14.2. The smallest absolute Gasteiger partial charge is 0.253 e. The van der Waals surface area contributed by atoms with Crippen LogP contribution in [0.15, 0.2) is 42.5 Å². The molecule has 214 valence electrons. The number of hydrogen-bond donors (Lipinski definition) is 1. The minimum atomic E-state index is -0.631. The number of amides is 1. The number of benzene rings is 2. The molecule has 0 unspecified atom stereocenters. The van der Waals surface area contributed by atoms with Gasteiger partial charge in [-0.3, -0.25) is 14.5 Å². The third kappa shape index (κ3) is 4.26. The van der Waals surface area contributed by atoms with Crippen molar-refractivity contribution in [2.24, 2.45) is 34.5 Å².